The maximum Gasteiger partial charge on any atom is 0.0914 e. The molecular formula is C17H20O. The molecule has 1 aliphatic carbocycles. The summed E-state index contributed by atoms with van der Waals surface area (Å²) in [7, 11) is 0. The summed E-state index contributed by atoms with van der Waals surface area (Å²) in [6, 6.07) is 11.0. The van der Waals surface area contributed by atoms with Crippen LogP contribution in [0.25, 0.3) is 0 Å². The first-order valence-electron chi connectivity index (χ1n) is 7.16. The van der Waals surface area contributed by atoms with Crippen molar-refractivity contribution >= 4 is 0 Å². The van der Waals surface area contributed by atoms with E-state index in [0.29, 0.717) is 11.8 Å². The number of hydrogen-bond acceptors (Lipinski definition) is 1. The largest absolute Gasteiger partial charge is 0.363 e. The van der Waals surface area contributed by atoms with E-state index in [0.717, 1.165) is 6.42 Å². The molecule has 4 rings (SSSR count). The van der Waals surface area contributed by atoms with Crippen molar-refractivity contribution in [3.8, 4) is 0 Å². The Kier molecular flexibility index (Phi) is 2.09. The Hall–Kier alpha value is -1.08. The maximum atomic E-state index is 6.58. The first kappa shape index (κ1) is 10.8. The van der Waals surface area contributed by atoms with E-state index in [9.17, 15) is 0 Å². The van der Waals surface area contributed by atoms with Crippen LogP contribution in [0.1, 0.15) is 44.1 Å². The lowest BCUT2D eigenvalue weighted by atomic mass is 9.74. The Balaban J connectivity index is 1.85. The normalized spacial score (nSPS) is 45.2. The molecule has 0 unspecified atom stereocenters. The van der Waals surface area contributed by atoms with Crippen molar-refractivity contribution in [2.75, 3.05) is 0 Å². The van der Waals surface area contributed by atoms with E-state index < -0.39 is 0 Å². The zero-order chi connectivity index (χ0) is 12.2. The summed E-state index contributed by atoms with van der Waals surface area (Å²) >= 11 is 0. The molecule has 2 fully saturated rings. The summed E-state index contributed by atoms with van der Waals surface area (Å²) in [5.74, 6) is 1.25. The minimum Gasteiger partial charge on any atom is -0.363 e. The fraction of sp³-hybridized carbons (Fsp3) is 0.529. The molecule has 1 aromatic rings. The van der Waals surface area contributed by atoms with Gasteiger partial charge in [-0.15, -0.1) is 0 Å². The summed E-state index contributed by atoms with van der Waals surface area (Å²) in [6.45, 7) is 2.28. The lowest BCUT2D eigenvalue weighted by molar-refractivity contribution is -0.0851. The molecule has 0 radical (unpaired) electrons. The van der Waals surface area contributed by atoms with Gasteiger partial charge in [0, 0.05) is 5.92 Å². The highest BCUT2D eigenvalue weighted by atomic mass is 16.5. The average molecular weight is 240 g/mol. The fourth-order valence-corrected chi connectivity index (χ4v) is 4.72. The Morgan fingerprint density at radius 3 is 2.89 bits per heavy atom. The molecule has 0 aromatic heterocycles. The van der Waals surface area contributed by atoms with Gasteiger partial charge < -0.3 is 4.74 Å². The zero-order valence-electron chi connectivity index (χ0n) is 10.9. The average Bonchev–Trinajstić information content (AvgIpc) is 2.80. The number of hydrogen-bond donors (Lipinski definition) is 0. The second-order valence-corrected chi connectivity index (χ2v) is 6.34. The van der Waals surface area contributed by atoms with Gasteiger partial charge in [-0.25, -0.2) is 0 Å². The molecule has 1 heteroatoms. The molecule has 18 heavy (non-hydrogen) atoms. The predicted octanol–water partition coefficient (Wildman–Crippen LogP) is 4.06. The molecule has 1 spiro atoms. The molecule has 2 aliphatic heterocycles. The summed E-state index contributed by atoms with van der Waals surface area (Å²) in [4.78, 5) is 0. The molecule has 0 amide bonds. The van der Waals surface area contributed by atoms with E-state index in [1.54, 1.807) is 0 Å². The Labute approximate surface area is 109 Å². The van der Waals surface area contributed by atoms with E-state index in [1.165, 1.54) is 24.8 Å². The quantitative estimate of drug-likeness (QED) is 0.673. The van der Waals surface area contributed by atoms with Crippen LogP contribution in [0.2, 0.25) is 0 Å². The van der Waals surface area contributed by atoms with Gasteiger partial charge in [0.05, 0.1) is 11.2 Å². The highest BCUT2D eigenvalue weighted by Gasteiger charge is 2.62. The van der Waals surface area contributed by atoms with Gasteiger partial charge in [-0.2, -0.15) is 0 Å². The Morgan fingerprint density at radius 2 is 2.06 bits per heavy atom. The molecule has 0 N–H and O–H groups in total. The summed E-state index contributed by atoms with van der Waals surface area (Å²) in [5.41, 5.74) is 1.54. The van der Waals surface area contributed by atoms with E-state index in [4.69, 9.17) is 4.74 Å². The van der Waals surface area contributed by atoms with Gasteiger partial charge in [-0.1, -0.05) is 48.9 Å². The smallest absolute Gasteiger partial charge is 0.0914 e. The fourth-order valence-electron chi connectivity index (χ4n) is 4.72. The molecular weight excluding hydrogens is 220 g/mol. The maximum absolute atomic E-state index is 6.58. The Bertz CT molecular complexity index is 492. The highest BCUT2D eigenvalue weighted by Crippen LogP contribution is 2.62. The van der Waals surface area contributed by atoms with Gasteiger partial charge in [0.2, 0.25) is 0 Å². The summed E-state index contributed by atoms with van der Waals surface area (Å²) in [5, 5.41) is 0. The van der Waals surface area contributed by atoms with Gasteiger partial charge >= 0.3 is 0 Å². The van der Waals surface area contributed by atoms with Crippen LogP contribution in [0.5, 0.6) is 0 Å². The first-order chi connectivity index (χ1) is 8.74. The minimum atomic E-state index is -0.0787. The van der Waals surface area contributed by atoms with Gasteiger partial charge in [0.15, 0.2) is 0 Å². The lowest BCUT2D eigenvalue weighted by Crippen LogP contribution is -2.36. The lowest BCUT2D eigenvalue weighted by Gasteiger charge is -2.34. The second-order valence-electron chi connectivity index (χ2n) is 6.34. The van der Waals surface area contributed by atoms with Crippen molar-refractivity contribution in [1.29, 1.82) is 0 Å². The standard InChI is InChI=1S/C17H20O/c1-16-10-6-12-17(18-16)11-5-9-14(17)15(16)13-7-3-2-4-8-13/h2-4,6-8,10,14-15H,5,9,11-12H2,1H3/t14-,15+,16-,17+/m0/s1. The molecule has 2 heterocycles. The van der Waals surface area contributed by atoms with Crippen molar-refractivity contribution in [2.24, 2.45) is 5.92 Å². The van der Waals surface area contributed by atoms with E-state index in [1.807, 2.05) is 0 Å². The van der Waals surface area contributed by atoms with Gasteiger partial charge in [0.1, 0.15) is 0 Å². The summed E-state index contributed by atoms with van der Waals surface area (Å²) in [6.07, 6.45) is 9.71. The van der Waals surface area contributed by atoms with Crippen molar-refractivity contribution in [3.63, 3.8) is 0 Å². The third-order valence-electron chi connectivity index (χ3n) is 5.30. The molecule has 94 valence electrons. The van der Waals surface area contributed by atoms with Crippen LogP contribution >= 0.6 is 0 Å². The molecule has 1 saturated heterocycles. The van der Waals surface area contributed by atoms with Crippen LogP contribution in [0, 0.1) is 5.92 Å². The number of ether oxygens (including phenoxy) is 1. The minimum absolute atomic E-state index is 0.0787. The third-order valence-corrected chi connectivity index (χ3v) is 5.30. The monoisotopic (exact) mass is 240 g/mol. The van der Waals surface area contributed by atoms with Crippen LogP contribution in [0.3, 0.4) is 0 Å². The molecule has 3 aliphatic rings. The molecule has 1 aromatic carbocycles. The van der Waals surface area contributed by atoms with Crippen molar-refractivity contribution in [1.82, 2.24) is 0 Å². The topological polar surface area (TPSA) is 9.23 Å². The predicted molar refractivity (Wildman–Crippen MR) is 72.5 cm³/mol. The third kappa shape index (κ3) is 1.26. The van der Waals surface area contributed by atoms with Crippen LogP contribution in [0.4, 0.5) is 0 Å². The van der Waals surface area contributed by atoms with Crippen LogP contribution in [-0.2, 0) is 4.74 Å². The molecule has 4 atom stereocenters. The SMILES string of the molecule is C[C@]12C=CC[C@@]3(CCC[C@H]3[C@H]1c1ccccc1)O2. The van der Waals surface area contributed by atoms with Gasteiger partial charge in [0.25, 0.3) is 0 Å². The second kappa shape index (κ2) is 3.48. The van der Waals surface area contributed by atoms with Crippen molar-refractivity contribution < 1.29 is 4.74 Å². The molecule has 1 nitrogen and oxygen atoms in total. The number of benzene rings is 1. The van der Waals surface area contributed by atoms with Gasteiger partial charge in [-0.05, 0) is 37.7 Å². The number of fused-ring (bicyclic) bond motifs is 1. The molecule has 1 saturated carbocycles. The van der Waals surface area contributed by atoms with Crippen molar-refractivity contribution in [3.05, 3.63) is 48.0 Å². The first-order valence-corrected chi connectivity index (χ1v) is 7.16. The highest BCUT2D eigenvalue weighted by molar-refractivity contribution is 5.34. The van der Waals surface area contributed by atoms with Gasteiger partial charge in [-0.3, -0.25) is 0 Å². The van der Waals surface area contributed by atoms with E-state index in [-0.39, 0.29) is 11.2 Å². The van der Waals surface area contributed by atoms with E-state index in [2.05, 4.69) is 49.4 Å². The number of rotatable bonds is 1. The van der Waals surface area contributed by atoms with E-state index >= 15 is 0 Å². The van der Waals surface area contributed by atoms with Crippen LogP contribution in [-0.4, -0.2) is 11.2 Å². The van der Waals surface area contributed by atoms with Crippen LogP contribution < -0.4 is 0 Å². The Morgan fingerprint density at radius 1 is 1.22 bits per heavy atom. The molecule has 2 bridgehead atoms. The van der Waals surface area contributed by atoms with Crippen LogP contribution in [0.15, 0.2) is 42.5 Å². The zero-order valence-corrected chi connectivity index (χ0v) is 10.9. The summed E-state index contributed by atoms with van der Waals surface area (Å²) < 4.78 is 6.58. The van der Waals surface area contributed by atoms with Crippen molar-refractivity contribution in [2.45, 2.75) is 49.7 Å².